The number of fused-ring (bicyclic) bond motifs is 3. The molecule has 1 aromatic rings. The van der Waals surface area contributed by atoms with Crippen molar-refractivity contribution in [1.82, 2.24) is 9.80 Å². The maximum absolute atomic E-state index is 13.9. The van der Waals surface area contributed by atoms with Crippen molar-refractivity contribution in [2.24, 2.45) is 29.4 Å². The van der Waals surface area contributed by atoms with Gasteiger partial charge in [-0.2, -0.15) is 0 Å². The molecular weight excluding hydrogens is 512 g/mol. The number of ketones is 4. The van der Waals surface area contributed by atoms with Crippen molar-refractivity contribution in [2.45, 2.75) is 30.6 Å². The molecule has 2 fully saturated rings. The van der Waals surface area contributed by atoms with Crippen LogP contribution in [0.4, 0.5) is 5.69 Å². The van der Waals surface area contributed by atoms with Crippen molar-refractivity contribution >= 4 is 40.6 Å². The van der Waals surface area contributed by atoms with E-state index in [1.165, 1.54) is 31.1 Å². The number of anilines is 1. The second-order valence-electron chi connectivity index (χ2n) is 11.1. The minimum absolute atomic E-state index is 0.0143. The lowest BCUT2D eigenvalue weighted by Gasteiger charge is -2.56. The van der Waals surface area contributed by atoms with Gasteiger partial charge in [-0.1, -0.05) is 13.0 Å². The number of amides is 2. The molecular formula is C26H32N4O9. The highest BCUT2D eigenvalue weighted by Crippen LogP contribution is 2.55. The molecule has 0 aliphatic heterocycles. The maximum atomic E-state index is 13.9. The van der Waals surface area contributed by atoms with Gasteiger partial charge in [0.25, 0.3) is 0 Å². The number of likely N-dealkylation sites (N-methyl/N-ethyl adjacent to an activating group) is 2. The van der Waals surface area contributed by atoms with E-state index >= 15 is 0 Å². The predicted molar refractivity (Wildman–Crippen MR) is 135 cm³/mol. The van der Waals surface area contributed by atoms with Crippen LogP contribution in [-0.4, -0.2) is 113 Å². The molecule has 0 radical (unpaired) electrons. The number of rotatable bonds is 5. The van der Waals surface area contributed by atoms with Crippen molar-refractivity contribution in [3.05, 3.63) is 23.3 Å². The molecule has 8 atom stereocenters. The number of Topliss-reactive ketones (excluding diaryl/α,β-unsaturated/α-hetero) is 4. The number of aromatic hydroxyl groups is 1. The van der Waals surface area contributed by atoms with Gasteiger partial charge in [0.1, 0.15) is 5.75 Å². The number of aliphatic hydroxyl groups excluding tert-OH is 1. The number of nitrogens with one attached hydrogen (secondary N) is 1. The molecule has 210 valence electrons. The van der Waals surface area contributed by atoms with E-state index in [0.717, 1.165) is 0 Å². The first kappa shape index (κ1) is 28.5. The van der Waals surface area contributed by atoms with Crippen LogP contribution in [0.15, 0.2) is 12.1 Å². The Morgan fingerprint density at radius 3 is 2.23 bits per heavy atom. The van der Waals surface area contributed by atoms with Crippen molar-refractivity contribution < 1.29 is 44.1 Å². The minimum atomic E-state index is -3.07. The van der Waals surface area contributed by atoms with E-state index in [2.05, 4.69) is 5.32 Å². The quantitative estimate of drug-likeness (QED) is 0.200. The fourth-order valence-electron chi connectivity index (χ4n) is 6.57. The topological polar surface area (TPSA) is 208 Å². The van der Waals surface area contributed by atoms with Crippen LogP contribution in [0.25, 0.3) is 0 Å². The van der Waals surface area contributed by atoms with Gasteiger partial charge < -0.3 is 31.3 Å². The first-order valence-electron chi connectivity index (χ1n) is 12.4. The summed E-state index contributed by atoms with van der Waals surface area (Å²) in [6.45, 7) is 1.59. The summed E-state index contributed by atoms with van der Waals surface area (Å²) in [5, 5.41) is 36.7. The number of nitrogens with zero attached hydrogens (tertiary/aromatic N) is 2. The molecule has 6 N–H and O–H groups in total. The number of carbonyl (C=O) groups is 6. The van der Waals surface area contributed by atoms with Crippen molar-refractivity contribution in [3.8, 4) is 5.75 Å². The van der Waals surface area contributed by atoms with Gasteiger partial charge in [-0.05, 0) is 45.7 Å². The Labute approximate surface area is 223 Å². The van der Waals surface area contributed by atoms with Gasteiger partial charge >= 0.3 is 0 Å². The maximum Gasteiger partial charge on any atom is 0.238 e. The summed E-state index contributed by atoms with van der Waals surface area (Å²) >= 11 is 0. The highest BCUT2D eigenvalue weighted by Gasteiger charge is 2.72. The first-order valence-corrected chi connectivity index (χ1v) is 12.4. The highest BCUT2D eigenvalue weighted by atomic mass is 16.3. The van der Waals surface area contributed by atoms with Gasteiger partial charge in [-0.3, -0.25) is 33.7 Å². The molecule has 13 heteroatoms. The largest absolute Gasteiger partial charge is 0.505 e. The molecule has 2 amide bonds. The average molecular weight is 545 g/mol. The van der Waals surface area contributed by atoms with Gasteiger partial charge in [0.15, 0.2) is 34.7 Å². The first-order chi connectivity index (χ1) is 18.1. The fourth-order valence-corrected chi connectivity index (χ4v) is 6.57. The summed E-state index contributed by atoms with van der Waals surface area (Å²) in [4.78, 5) is 81.5. The molecule has 4 rings (SSSR count). The summed E-state index contributed by atoms with van der Waals surface area (Å²) < 4.78 is 0. The molecule has 6 unspecified atom stereocenters. The van der Waals surface area contributed by atoms with Crippen molar-refractivity contribution in [3.63, 3.8) is 0 Å². The summed E-state index contributed by atoms with van der Waals surface area (Å²) in [6, 6.07) is 1.45. The molecule has 0 aromatic heterocycles. The Morgan fingerprint density at radius 1 is 1.08 bits per heavy atom. The third kappa shape index (κ3) is 3.99. The standard InChI is InChI=1S/C26H32N4O9/c1-9-10-6-7-11(28-12(31)8-29(2)3)19(32)14(10)20(33)15-13(9)21(34)17-18(30(4)5)22(35)16(25(27)38)24(37)26(17,39)23(15)36/h6-7,9,13,15-18,21,32,34,39H,8H2,1-5H3,(H2,27,38)(H,28,31)/t9?,13?,15?,16?,17?,18-,21?,26-/m0/s1. The van der Waals surface area contributed by atoms with Gasteiger partial charge in [0.05, 0.1) is 41.8 Å². The fraction of sp³-hybridized carbons (Fsp3) is 0.538. The number of aliphatic hydroxyl groups is 2. The second-order valence-corrected chi connectivity index (χ2v) is 11.1. The Kier molecular flexibility index (Phi) is 7.01. The van der Waals surface area contributed by atoms with Crippen molar-refractivity contribution in [1.29, 1.82) is 0 Å². The SMILES string of the molecule is CC1c2ccc(NC(=O)CN(C)C)c(O)c2C(=O)C2C(=O)[C@]3(O)C(=O)C(C(N)=O)C(=O)[C@@H](N(C)C)C3C(O)C21. The number of benzene rings is 1. The third-order valence-corrected chi connectivity index (χ3v) is 8.22. The van der Waals surface area contributed by atoms with Gasteiger partial charge in [-0.15, -0.1) is 0 Å². The van der Waals surface area contributed by atoms with E-state index in [-0.39, 0.29) is 23.4 Å². The van der Waals surface area contributed by atoms with Crippen LogP contribution in [0.1, 0.15) is 28.8 Å². The lowest BCUT2D eigenvalue weighted by molar-refractivity contribution is -0.196. The Hall–Kier alpha value is -3.52. The monoisotopic (exact) mass is 544 g/mol. The zero-order valence-corrected chi connectivity index (χ0v) is 22.2. The van der Waals surface area contributed by atoms with E-state index in [1.807, 2.05) is 0 Å². The van der Waals surface area contributed by atoms with Gasteiger partial charge in [0.2, 0.25) is 11.8 Å². The Morgan fingerprint density at radius 2 is 1.69 bits per heavy atom. The normalized spacial score (nSPS) is 34.0. The minimum Gasteiger partial charge on any atom is -0.505 e. The highest BCUT2D eigenvalue weighted by molar-refractivity contribution is 6.32. The molecule has 0 bridgehead atoms. The number of carbonyl (C=O) groups excluding carboxylic acids is 6. The van der Waals surface area contributed by atoms with Crippen LogP contribution in [0.3, 0.4) is 0 Å². The van der Waals surface area contributed by atoms with Crippen LogP contribution >= 0.6 is 0 Å². The molecule has 0 saturated heterocycles. The van der Waals surface area contributed by atoms with Crippen LogP contribution in [-0.2, 0) is 24.0 Å². The molecule has 1 aromatic carbocycles. The third-order valence-electron chi connectivity index (χ3n) is 8.22. The van der Waals surface area contributed by atoms with Crippen LogP contribution in [0, 0.1) is 23.7 Å². The molecule has 3 aliphatic carbocycles. The van der Waals surface area contributed by atoms with E-state index in [9.17, 15) is 44.1 Å². The summed E-state index contributed by atoms with van der Waals surface area (Å²) in [7, 11) is 6.18. The molecule has 2 saturated carbocycles. The van der Waals surface area contributed by atoms with Crippen molar-refractivity contribution in [2.75, 3.05) is 40.1 Å². The lowest BCUT2D eigenvalue weighted by Crippen LogP contribution is -2.77. The zero-order chi connectivity index (χ0) is 29.3. The van der Waals surface area contributed by atoms with E-state index in [4.69, 9.17) is 5.73 Å². The number of phenols is 1. The number of hydrogen-bond acceptors (Lipinski definition) is 11. The molecule has 3 aliphatic rings. The Bertz CT molecular complexity index is 1310. The number of hydrogen-bond donors (Lipinski definition) is 5. The van der Waals surface area contributed by atoms with Crippen LogP contribution in [0.5, 0.6) is 5.75 Å². The van der Waals surface area contributed by atoms with E-state index < -0.39 is 88.0 Å². The zero-order valence-electron chi connectivity index (χ0n) is 22.2. The summed E-state index contributed by atoms with van der Waals surface area (Å²) in [6.07, 6.45) is -1.71. The second kappa shape index (κ2) is 9.59. The molecule has 0 spiro atoms. The molecule has 39 heavy (non-hydrogen) atoms. The van der Waals surface area contributed by atoms with Crippen LogP contribution in [0.2, 0.25) is 0 Å². The summed E-state index contributed by atoms with van der Waals surface area (Å²) in [5.74, 6) is -14.6. The molecule has 13 nitrogen and oxygen atoms in total. The van der Waals surface area contributed by atoms with E-state index in [1.54, 1.807) is 25.9 Å². The van der Waals surface area contributed by atoms with Crippen LogP contribution < -0.4 is 11.1 Å². The smallest absolute Gasteiger partial charge is 0.238 e. The number of nitrogens with two attached hydrogens (primary N) is 1. The van der Waals surface area contributed by atoms with E-state index in [0.29, 0.717) is 0 Å². The lowest BCUT2D eigenvalue weighted by atomic mass is 9.49. The summed E-state index contributed by atoms with van der Waals surface area (Å²) in [5.41, 5.74) is 2.15. The average Bonchev–Trinajstić information content (AvgIpc) is 2.82. The Balaban J connectivity index is 1.86. The number of primary amides is 1. The number of phenolic OH excluding ortho intramolecular Hbond substituents is 1. The predicted octanol–water partition coefficient (Wildman–Crippen LogP) is -2.10. The van der Waals surface area contributed by atoms with Gasteiger partial charge in [-0.25, -0.2) is 0 Å². The molecule has 0 heterocycles. The van der Waals surface area contributed by atoms with Gasteiger partial charge in [0, 0.05) is 5.92 Å².